The molecule has 0 aliphatic carbocycles. The lowest BCUT2D eigenvalue weighted by atomic mass is 10.1. The first-order chi connectivity index (χ1) is 7.35. The summed E-state index contributed by atoms with van der Waals surface area (Å²) in [6, 6.07) is 7.80. The Kier molecular flexibility index (Phi) is 3.08. The summed E-state index contributed by atoms with van der Waals surface area (Å²) in [6.07, 6.45) is 0.891. The van der Waals surface area contributed by atoms with Crippen LogP contribution in [-0.4, -0.2) is 18.8 Å². The molecule has 3 N–H and O–H groups in total. The second kappa shape index (κ2) is 4.51. The normalized spacial score (nSPS) is 21.1. The number of hydrazine groups is 1. The fourth-order valence-electron chi connectivity index (χ4n) is 1.72. The van der Waals surface area contributed by atoms with Crippen molar-refractivity contribution in [2.45, 2.75) is 25.5 Å². The maximum absolute atomic E-state index is 5.81. The van der Waals surface area contributed by atoms with Crippen molar-refractivity contribution >= 4 is 0 Å². The van der Waals surface area contributed by atoms with Gasteiger partial charge < -0.3 is 9.47 Å². The van der Waals surface area contributed by atoms with Crippen molar-refractivity contribution in [2.75, 3.05) is 6.61 Å². The standard InChI is InChI=1S/C11H16N2O2/c1-2-8(13-12)11-7-14-9-5-3-4-6-10(9)15-11/h3-6,8,11,13H,2,7,12H2,1H3. The molecule has 0 radical (unpaired) electrons. The predicted molar refractivity (Wildman–Crippen MR) is 57.8 cm³/mol. The van der Waals surface area contributed by atoms with Crippen LogP contribution in [0, 0.1) is 0 Å². The van der Waals surface area contributed by atoms with Crippen molar-refractivity contribution < 1.29 is 9.47 Å². The van der Waals surface area contributed by atoms with Gasteiger partial charge in [0.15, 0.2) is 11.5 Å². The van der Waals surface area contributed by atoms with Gasteiger partial charge in [-0.25, -0.2) is 0 Å². The smallest absolute Gasteiger partial charge is 0.161 e. The fourth-order valence-corrected chi connectivity index (χ4v) is 1.72. The van der Waals surface area contributed by atoms with Crippen LogP contribution in [0.25, 0.3) is 0 Å². The van der Waals surface area contributed by atoms with Gasteiger partial charge in [0.05, 0.1) is 6.04 Å². The summed E-state index contributed by atoms with van der Waals surface area (Å²) in [5.74, 6) is 7.05. The van der Waals surface area contributed by atoms with Crippen molar-refractivity contribution in [3.8, 4) is 11.5 Å². The van der Waals surface area contributed by atoms with Crippen LogP contribution in [0.4, 0.5) is 0 Å². The predicted octanol–water partition coefficient (Wildman–Crippen LogP) is 1.07. The number of nitrogens with one attached hydrogen (secondary N) is 1. The van der Waals surface area contributed by atoms with E-state index in [1.165, 1.54) is 0 Å². The average molecular weight is 208 g/mol. The highest BCUT2D eigenvalue weighted by molar-refractivity contribution is 5.40. The fraction of sp³-hybridized carbons (Fsp3) is 0.455. The molecule has 82 valence electrons. The van der Waals surface area contributed by atoms with Gasteiger partial charge in [-0.2, -0.15) is 0 Å². The van der Waals surface area contributed by atoms with Gasteiger partial charge in [0.25, 0.3) is 0 Å². The maximum atomic E-state index is 5.81. The molecule has 0 spiro atoms. The largest absolute Gasteiger partial charge is 0.486 e. The molecular weight excluding hydrogens is 192 g/mol. The highest BCUT2D eigenvalue weighted by Gasteiger charge is 2.26. The molecule has 1 aliphatic rings. The minimum absolute atomic E-state index is 0.0186. The van der Waals surface area contributed by atoms with Gasteiger partial charge in [-0.05, 0) is 18.6 Å². The molecule has 0 bridgehead atoms. The zero-order chi connectivity index (χ0) is 10.7. The highest BCUT2D eigenvalue weighted by Crippen LogP contribution is 2.31. The van der Waals surface area contributed by atoms with Crippen LogP contribution in [0.2, 0.25) is 0 Å². The quantitative estimate of drug-likeness (QED) is 0.576. The summed E-state index contributed by atoms with van der Waals surface area (Å²) in [5.41, 5.74) is 2.75. The number of fused-ring (bicyclic) bond motifs is 1. The van der Waals surface area contributed by atoms with E-state index in [0.29, 0.717) is 6.61 Å². The van der Waals surface area contributed by atoms with E-state index >= 15 is 0 Å². The van der Waals surface area contributed by atoms with Gasteiger partial charge in [-0.15, -0.1) is 0 Å². The van der Waals surface area contributed by atoms with Crippen molar-refractivity contribution in [1.29, 1.82) is 0 Å². The Morgan fingerprint density at radius 1 is 1.47 bits per heavy atom. The lowest BCUT2D eigenvalue weighted by Gasteiger charge is -2.31. The Hall–Kier alpha value is -1.26. The molecule has 2 unspecified atom stereocenters. The first kappa shape index (κ1) is 10.3. The van der Waals surface area contributed by atoms with Gasteiger partial charge in [-0.3, -0.25) is 11.3 Å². The summed E-state index contributed by atoms with van der Waals surface area (Å²) in [4.78, 5) is 0. The average Bonchev–Trinajstić information content (AvgIpc) is 2.30. The summed E-state index contributed by atoms with van der Waals surface area (Å²) < 4.78 is 11.4. The van der Waals surface area contributed by atoms with Crippen LogP contribution < -0.4 is 20.7 Å². The summed E-state index contributed by atoms with van der Waals surface area (Å²) in [5, 5.41) is 0. The lowest BCUT2D eigenvalue weighted by molar-refractivity contribution is 0.0609. The number of para-hydroxylation sites is 2. The van der Waals surface area contributed by atoms with E-state index in [4.69, 9.17) is 15.3 Å². The Balaban J connectivity index is 2.11. The molecule has 1 aromatic rings. The molecule has 4 nitrogen and oxygen atoms in total. The molecule has 1 aromatic carbocycles. The molecular formula is C11H16N2O2. The van der Waals surface area contributed by atoms with Gasteiger partial charge in [-0.1, -0.05) is 19.1 Å². The Morgan fingerprint density at radius 2 is 2.20 bits per heavy atom. The van der Waals surface area contributed by atoms with E-state index < -0.39 is 0 Å². The highest BCUT2D eigenvalue weighted by atomic mass is 16.6. The lowest BCUT2D eigenvalue weighted by Crippen LogP contribution is -2.50. The maximum Gasteiger partial charge on any atom is 0.161 e. The van der Waals surface area contributed by atoms with Crippen LogP contribution >= 0.6 is 0 Å². The molecule has 0 saturated carbocycles. The van der Waals surface area contributed by atoms with Gasteiger partial charge in [0, 0.05) is 0 Å². The monoisotopic (exact) mass is 208 g/mol. The molecule has 0 saturated heterocycles. The minimum atomic E-state index is -0.0186. The van der Waals surface area contributed by atoms with Gasteiger partial charge in [0.1, 0.15) is 12.7 Å². The van der Waals surface area contributed by atoms with Gasteiger partial charge >= 0.3 is 0 Å². The second-order valence-corrected chi connectivity index (χ2v) is 3.60. The van der Waals surface area contributed by atoms with E-state index in [1.807, 2.05) is 24.3 Å². The molecule has 2 atom stereocenters. The first-order valence-corrected chi connectivity index (χ1v) is 5.19. The van der Waals surface area contributed by atoms with E-state index in [2.05, 4.69) is 12.3 Å². The summed E-state index contributed by atoms with van der Waals surface area (Å²) in [6.45, 7) is 2.61. The molecule has 2 rings (SSSR count). The van der Waals surface area contributed by atoms with Crippen molar-refractivity contribution in [3.63, 3.8) is 0 Å². The Bertz CT molecular complexity index is 326. The third-order valence-electron chi connectivity index (χ3n) is 2.63. The zero-order valence-electron chi connectivity index (χ0n) is 8.77. The zero-order valence-corrected chi connectivity index (χ0v) is 8.77. The molecule has 0 amide bonds. The van der Waals surface area contributed by atoms with Gasteiger partial charge in [0.2, 0.25) is 0 Å². The number of ether oxygens (including phenoxy) is 2. The van der Waals surface area contributed by atoms with Crippen molar-refractivity contribution in [1.82, 2.24) is 5.43 Å². The van der Waals surface area contributed by atoms with Crippen molar-refractivity contribution in [3.05, 3.63) is 24.3 Å². The van der Waals surface area contributed by atoms with E-state index in [9.17, 15) is 0 Å². The third kappa shape index (κ3) is 2.06. The molecule has 4 heteroatoms. The molecule has 1 aliphatic heterocycles. The number of hydrogen-bond acceptors (Lipinski definition) is 4. The molecule has 1 heterocycles. The second-order valence-electron chi connectivity index (χ2n) is 3.60. The molecule has 15 heavy (non-hydrogen) atoms. The van der Waals surface area contributed by atoms with Crippen LogP contribution in [-0.2, 0) is 0 Å². The first-order valence-electron chi connectivity index (χ1n) is 5.19. The van der Waals surface area contributed by atoms with Crippen LogP contribution in [0.15, 0.2) is 24.3 Å². The number of rotatable bonds is 3. The Labute approximate surface area is 89.3 Å². The molecule has 0 aromatic heterocycles. The number of hydrogen-bond donors (Lipinski definition) is 2. The summed E-state index contributed by atoms with van der Waals surface area (Å²) >= 11 is 0. The van der Waals surface area contributed by atoms with Crippen LogP contribution in [0.5, 0.6) is 11.5 Å². The van der Waals surface area contributed by atoms with E-state index in [0.717, 1.165) is 17.9 Å². The number of benzene rings is 1. The Morgan fingerprint density at radius 3 is 2.87 bits per heavy atom. The van der Waals surface area contributed by atoms with E-state index in [-0.39, 0.29) is 12.1 Å². The third-order valence-corrected chi connectivity index (χ3v) is 2.63. The SMILES string of the molecule is CCC(NN)C1COc2ccccc2O1. The summed E-state index contributed by atoms with van der Waals surface area (Å²) in [7, 11) is 0. The van der Waals surface area contributed by atoms with Crippen LogP contribution in [0.3, 0.4) is 0 Å². The molecule has 0 fully saturated rings. The minimum Gasteiger partial charge on any atom is -0.486 e. The topological polar surface area (TPSA) is 56.5 Å². The van der Waals surface area contributed by atoms with E-state index in [1.54, 1.807) is 0 Å². The van der Waals surface area contributed by atoms with Crippen LogP contribution in [0.1, 0.15) is 13.3 Å². The number of nitrogens with two attached hydrogens (primary N) is 1. The van der Waals surface area contributed by atoms with Crippen molar-refractivity contribution in [2.24, 2.45) is 5.84 Å².